The van der Waals surface area contributed by atoms with Gasteiger partial charge in [-0.15, -0.1) is 0 Å². The summed E-state index contributed by atoms with van der Waals surface area (Å²) in [6.07, 6.45) is 7.05. The molecule has 3 rings (SSSR count). The van der Waals surface area contributed by atoms with Gasteiger partial charge < -0.3 is 19.9 Å². The van der Waals surface area contributed by atoms with Gasteiger partial charge in [-0.1, -0.05) is 30.3 Å². The number of carbonyl (C=O) groups excluding carboxylic acids is 1. The number of amides is 2. The molecule has 1 aliphatic heterocycles. The molecule has 23 heavy (non-hydrogen) atoms. The highest BCUT2D eigenvalue weighted by atomic mass is 16.5. The Morgan fingerprint density at radius 2 is 2.22 bits per heavy atom. The molecule has 0 radical (unpaired) electrons. The van der Waals surface area contributed by atoms with Crippen LogP contribution in [0.4, 0.5) is 4.79 Å². The third kappa shape index (κ3) is 4.56. The van der Waals surface area contributed by atoms with Gasteiger partial charge in [0, 0.05) is 38.1 Å². The van der Waals surface area contributed by atoms with Gasteiger partial charge in [-0.25, -0.2) is 9.78 Å². The molecule has 1 aliphatic rings. The summed E-state index contributed by atoms with van der Waals surface area (Å²) in [5.74, 6) is 0. The monoisotopic (exact) mass is 314 g/mol. The Morgan fingerprint density at radius 3 is 3.00 bits per heavy atom. The van der Waals surface area contributed by atoms with Crippen molar-refractivity contribution >= 4 is 6.03 Å². The molecule has 0 saturated carbocycles. The maximum atomic E-state index is 12.0. The van der Waals surface area contributed by atoms with Crippen LogP contribution in [-0.4, -0.2) is 34.8 Å². The summed E-state index contributed by atoms with van der Waals surface area (Å²) in [5, 5.41) is 5.93. The molecule has 0 unspecified atom stereocenters. The number of nitrogens with one attached hydrogen (secondary N) is 2. The number of nitrogens with zero attached hydrogens (tertiary/aromatic N) is 2. The van der Waals surface area contributed by atoms with E-state index < -0.39 is 0 Å². The van der Waals surface area contributed by atoms with Crippen molar-refractivity contribution in [2.75, 3.05) is 13.2 Å². The number of hydrogen-bond donors (Lipinski definition) is 2. The van der Waals surface area contributed by atoms with E-state index in [4.69, 9.17) is 4.74 Å². The van der Waals surface area contributed by atoms with Crippen LogP contribution in [0.5, 0.6) is 0 Å². The molecule has 122 valence electrons. The summed E-state index contributed by atoms with van der Waals surface area (Å²) >= 11 is 0. The molecular formula is C17H22N4O2. The summed E-state index contributed by atoms with van der Waals surface area (Å²) in [6.45, 7) is 1.96. The molecule has 2 amide bonds. The molecule has 0 bridgehead atoms. The van der Waals surface area contributed by atoms with E-state index in [9.17, 15) is 4.79 Å². The van der Waals surface area contributed by atoms with Crippen LogP contribution in [-0.2, 0) is 11.3 Å². The van der Waals surface area contributed by atoms with Crippen molar-refractivity contribution in [1.82, 2.24) is 20.2 Å². The highest BCUT2D eigenvalue weighted by molar-refractivity contribution is 5.74. The minimum Gasteiger partial charge on any atom is -0.373 e. The quantitative estimate of drug-likeness (QED) is 0.888. The SMILES string of the molecule is O=C(NCCn1ccnc1)N[C@@H]1CCO[C@@H](c2ccccc2)C1. The first-order valence-corrected chi connectivity index (χ1v) is 7.98. The molecule has 1 fully saturated rings. The minimum absolute atomic E-state index is 0.0567. The van der Waals surface area contributed by atoms with Crippen molar-refractivity contribution < 1.29 is 9.53 Å². The predicted molar refractivity (Wildman–Crippen MR) is 86.9 cm³/mol. The molecule has 2 N–H and O–H groups in total. The number of hydrogen-bond acceptors (Lipinski definition) is 3. The Bertz CT molecular complexity index is 600. The molecule has 6 nitrogen and oxygen atoms in total. The molecule has 2 aromatic rings. The highest BCUT2D eigenvalue weighted by Crippen LogP contribution is 2.27. The maximum absolute atomic E-state index is 12.0. The number of benzene rings is 1. The van der Waals surface area contributed by atoms with E-state index in [1.54, 1.807) is 12.5 Å². The number of aromatic nitrogens is 2. The molecule has 0 aliphatic carbocycles. The second-order valence-corrected chi connectivity index (χ2v) is 5.69. The van der Waals surface area contributed by atoms with Crippen LogP contribution in [0.1, 0.15) is 24.5 Å². The lowest BCUT2D eigenvalue weighted by atomic mass is 9.97. The molecular weight excluding hydrogens is 292 g/mol. The Labute approximate surface area is 135 Å². The zero-order valence-electron chi connectivity index (χ0n) is 13.0. The first-order chi connectivity index (χ1) is 11.3. The predicted octanol–water partition coefficient (Wildman–Crippen LogP) is 2.10. The van der Waals surface area contributed by atoms with Gasteiger partial charge in [0.15, 0.2) is 0 Å². The number of rotatable bonds is 5. The second kappa shape index (κ2) is 7.78. The van der Waals surface area contributed by atoms with Crippen molar-refractivity contribution in [2.45, 2.75) is 31.5 Å². The average Bonchev–Trinajstić information content (AvgIpc) is 3.09. The lowest BCUT2D eigenvalue weighted by Crippen LogP contribution is -2.45. The Kier molecular flexibility index (Phi) is 5.26. The Balaban J connectivity index is 1.43. The Morgan fingerprint density at radius 1 is 1.35 bits per heavy atom. The van der Waals surface area contributed by atoms with E-state index >= 15 is 0 Å². The van der Waals surface area contributed by atoms with E-state index in [-0.39, 0.29) is 18.2 Å². The summed E-state index contributed by atoms with van der Waals surface area (Å²) in [6, 6.07) is 10.2. The summed E-state index contributed by atoms with van der Waals surface area (Å²) in [7, 11) is 0. The topological polar surface area (TPSA) is 68.2 Å². The van der Waals surface area contributed by atoms with Crippen LogP contribution in [0.3, 0.4) is 0 Å². The van der Waals surface area contributed by atoms with Gasteiger partial charge in [-0.3, -0.25) is 0 Å². The first-order valence-electron chi connectivity index (χ1n) is 7.98. The van der Waals surface area contributed by atoms with E-state index in [0.29, 0.717) is 19.7 Å². The van der Waals surface area contributed by atoms with Crippen molar-refractivity contribution in [1.29, 1.82) is 0 Å². The van der Waals surface area contributed by atoms with Crippen molar-refractivity contribution in [3.63, 3.8) is 0 Å². The number of urea groups is 1. The highest BCUT2D eigenvalue weighted by Gasteiger charge is 2.24. The first kappa shape index (κ1) is 15.6. The van der Waals surface area contributed by atoms with E-state index in [0.717, 1.165) is 12.8 Å². The van der Waals surface area contributed by atoms with Crippen molar-refractivity contribution in [3.8, 4) is 0 Å². The van der Waals surface area contributed by atoms with Crippen LogP contribution in [0, 0.1) is 0 Å². The minimum atomic E-state index is -0.121. The van der Waals surface area contributed by atoms with Gasteiger partial charge in [-0.2, -0.15) is 0 Å². The van der Waals surface area contributed by atoms with Crippen LogP contribution < -0.4 is 10.6 Å². The average molecular weight is 314 g/mol. The normalized spacial score (nSPS) is 20.9. The fraction of sp³-hybridized carbons (Fsp3) is 0.412. The molecule has 1 aromatic heterocycles. The smallest absolute Gasteiger partial charge is 0.315 e. The summed E-state index contributed by atoms with van der Waals surface area (Å²) in [4.78, 5) is 16.0. The van der Waals surface area contributed by atoms with Gasteiger partial charge >= 0.3 is 6.03 Å². The number of ether oxygens (including phenoxy) is 1. The van der Waals surface area contributed by atoms with Gasteiger partial charge in [0.25, 0.3) is 0 Å². The van der Waals surface area contributed by atoms with E-state index in [2.05, 4.69) is 27.8 Å². The Hall–Kier alpha value is -2.34. The van der Waals surface area contributed by atoms with Gasteiger partial charge in [-0.05, 0) is 18.4 Å². The molecule has 1 saturated heterocycles. The largest absolute Gasteiger partial charge is 0.373 e. The molecule has 6 heteroatoms. The zero-order chi connectivity index (χ0) is 15.9. The standard InChI is InChI=1S/C17H22N4O2/c22-17(19-8-10-21-9-7-18-13-21)20-15-6-11-23-16(12-15)14-4-2-1-3-5-14/h1-5,7,9,13,15-16H,6,8,10-12H2,(H2,19,20,22)/t15-,16-/m1/s1. The fourth-order valence-corrected chi connectivity index (χ4v) is 2.78. The van der Waals surface area contributed by atoms with E-state index in [1.165, 1.54) is 5.56 Å². The third-order valence-electron chi connectivity index (χ3n) is 4.01. The summed E-state index contributed by atoms with van der Waals surface area (Å²) < 4.78 is 7.75. The molecule has 2 heterocycles. The van der Waals surface area contributed by atoms with Crippen molar-refractivity contribution in [3.05, 3.63) is 54.6 Å². The van der Waals surface area contributed by atoms with E-state index in [1.807, 2.05) is 29.0 Å². The van der Waals surface area contributed by atoms with Crippen LogP contribution in [0.2, 0.25) is 0 Å². The van der Waals surface area contributed by atoms with Crippen LogP contribution in [0.15, 0.2) is 49.1 Å². The van der Waals surface area contributed by atoms with Gasteiger partial charge in [0.1, 0.15) is 0 Å². The van der Waals surface area contributed by atoms with Crippen molar-refractivity contribution in [2.24, 2.45) is 0 Å². The maximum Gasteiger partial charge on any atom is 0.315 e. The lowest BCUT2D eigenvalue weighted by molar-refractivity contribution is 0.00226. The molecule has 0 spiro atoms. The lowest BCUT2D eigenvalue weighted by Gasteiger charge is -2.30. The summed E-state index contributed by atoms with van der Waals surface area (Å²) in [5.41, 5.74) is 1.17. The number of carbonyl (C=O) groups is 1. The molecule has 1 aromatic carbocycles. The fourth-order valence-electron chi connectivity index (χ4n) is 2.78. The second-order valence-electron chi connectivity index (χ2n) is 5.69. The van der Waals surface area contributed by atoms with Gasteiger partial charge in [0.05, 0.1) is 12.4 Å². The zero-order valence-corrected chi connectivity index (χ0v) is 13.0. The van der Waals surface area contributed by atoms with Crippen LogP contribution >= 0.6 is 0 Å². The van der Waals surface area contributed by atoms with Gasteiger partial charge in [0.2, 0.25) is 0 Å². The number of imidazole rings is 1. The van der Waals surface area contributed by atoms with Crippen LogP contribution in [0.25, 0.3) is 0 Å². The third-order valence-corrected chi connectivity index (χ3v) is 4.01. The molecule has 2 atom stereocenters.